The molecule has 0 fully saturated rings. The van der Waals surface area contributed by atoms with E-state index in [9.17, 15) is 18.0 Å². The van der Waals surface area contributed by atoms with E-state index in [2.05, 4.69) is 10.3 Å². The van der Waals surface area contributed by atoms with Crippen LogP contribution in [0.15, 0.2) is 59.6 Å². The van der Waals surface area contributed by atoms with E-state index in [-0.39, 0.29) is 61.8 Å². The van der Waals surface area contributed by atoms with Gasteiger partial charge in [-0.2, -0.15) is 0 Å². The molecule has 3 aromatic rings. The predicted octanol–water partition coefficient (Wildman–Crippen LogP) is 4.73. The Hall–Kier alpha value is -3.05. The molecule has 4 rings (SSSR count). The Morgan fingerprint density at radius 3 is 2.46 bits per heavy atom. The molecule has 37 heavy (non-hydrogen) atoms. The summed E-state index contributed by atoms with van der Waals surface area (Å²) in [6.45, 7) is 1.41. The van der Waals surface area contributed by atoms with Gasteiger partial charge in [0.2, 0.25) is 11.8 Å². The standard InChI is InChI=1S/C24H21Cl3N4O5S/c1-14(32)30(2)12-17-13-31(37(34,35)18-6-3-5-15(25)9-18)21-10-16(11-28-24(21)36-17)29-23(33)22-19(26)7-4-8-20(22)27/h3-11,17H,12-13H2,1-2H3,(H,29,33). The lowest BCUT2D eigenvalue weighted by Gasteiger charge is -2.36. The van der Waals surface area contributed by atoms with E-state index in [0.29, 0.717) is 0 Å². The lowest BCUT2D eigenvalue weighted by Crippen LogP contribution is -2.48. The van der Waals surface area contributed by atoms with Crippen molar-refractivity contribution in [3.05, 3.63) is 75.4 Å². The van der Waals surface area contributed by atoms with E-state index in [0.717, 1.165) is 4.31 Å². The van der Waals surface area contributed by atoms with Crippen LogP contribution in [0.5, 0.6) is 5.88 Å². The minimum atomic E-state index is -4.13. The fourth-order valence-corrected chi connectivity index (χ4v) is 6.03. The number of hydrogen-bond acceptors (Lipinski definition) is 6. The van der Waals surface area contributed by atoms with Crippen molar-refractivity contribution < 1.29 is 22.7 Å². The number of carbonyl (C=O) groups excluding carboxylic acids is 2. The van der Waals surface area contributed by atoms with Crippen molar-refractivity contribution in [3.8, 4) is 5.88 Å². The van der Waals surface area contributed by atoms with E-state index >= 15 is 0 Å². The first kappa shape index (κ1) is 27.0. The summed E-state index contributed by atoms with van der Waals surface area (Å²) in [6, 6.07) is 11.9. The number of pyridine rings is 1. The average Bonchev–Trinajstić information content (AvgIpc) is 2.83. The minimum absolute atomic E-state index is 0.0209. The first-order chi connectivity index (χ1) is 17.5. The second kappa shape index (κ2) is 10.7. The Labute approximate surface area is 228 Å². The second-order valence-electron chi connectivity index (χ2n) is 8.23. The Morgan fingerprint density at radius 1 is 1.14 bits per heavy atom. The largest absolute Gasteiger partial charge is 0.469 e. The van der Waals surface area contributed by atoms with Crippen molar-refractivity contribution >= 4 is 68.0 Å². The summed E-state index contributed by atoms with van der Waals surface area (Å²) >= 11 is 18.3. The molecule has 1 N–H and O–H groups in total. The van der Waals surface area contributed by atoms with Crippen LogP contribution in [-0.2, 0) is 14.8 Å². The first-order valence-corrected chi connectivity index (χ1v) is 13.5. The lowest BCUT2D eigenvalue weighted by molar-refractivity contribution is -0.128. The smallest absolute Gasteiger partial charge is 0.264 e. The van der Waals surface area contributed by atoms with E-state index in [1.807, 2.05) is 0 Å². The summed E-state index contributed by atoms with van der Waals surface area (Å²) in [5.41, 5.74) is 0.356. The number of benzene rings is 2. The maximum absolute atomic E-state index is 13.7. The number of nitrogens with zero attached hydrogens (tertiary/aromatic N) is 3. The molecule has 2 amide bonds. The molecular formula is C24H21Cl3N4O5S. The number of rotatable bonds is 6. The fraction of sp³-hybridized carbons (Fsp3) is 0.208. The number of aromatic nitrogens is 1. The molecule has 9 nitrogen and oxygen atoms in total. The molecule has 0 radical (unpaired) electrons. The molecular weight excluding hydrogens is 563 g/mol. The van der Waals surface area contributed by atoms with Gasteiger partial charge in [-0.05, 0) is 36.4 Å². The molecule has 0 spiro atoms. The summed E-state index contributed by atoms with van der Waals surface area (Å²) in [6.07, 6.45) is 0.619. The van der Waals surface area contributed by atoms with Crippen LogP contribution in [-0.4, -0.2) is 56.4 Å². The van der Waals surface area contributed by atoms with Gasteiger partial charge in [-0.15, -0.1) is 0 Å². The number of hydrogen-bond donors (Lipinski definition) is 1. The topological polar surface area (TPSA) is 109 Å². The maximum Gasteiger partial charge on any atom is 0.264 e. The third kappa shape index (κ3) is 5.77. The van der Waals surface area contributed by atoms with Gasteiger partial charge in [0.25, 0.3) is 15.9 Å². The SMILES string of the molecule is CC(=O)N(C)CC1CN(S(=O)(=O)c2cccc(Cl)c2)c2cc(NC(=O)c3c(Cl)cccc3Cl)cnc2O1. The lowest BCUT2D eigenvalue weighted by atomic mass is 10.2. The molecule has 2 aromatic carbocycles. The number of likely N-dealkylation sites (N-methyl/N-ethyl adjacent to an activating group) is 1. The van der Waals surface area contributed by atoms with Crippen LogP contribution in [0.3, 0.4) is 0 Å². The van der Waals surface area contributed by atoms with Crippen LogP contribution in [0.4, 0.5) is 11.4 Å². The van der Waals surface area contributed by atoms with Gasteiger partial charge in [-0.3, -0.25) is 13.9 Å². The van der Waals surface area contributed by atoms with Crippen molar-refractivity contribution in [1.82, 2.24) is 9.88 Å². The van der Waals surface area contributed by atoms with Gasteiger partial charge in [0.1, 0.15) is 11.8 Å². The number of amides is 2. The first-order valence-electron chi connectivity index (χ1n) is 10.9. The molecule has 194 valence electrons. The molecule has 2 heterocycles. The fourth-order valence-electron chi connectivity index (χ4n) is 3.68. The van der Waals surface area contributed by atoms with Gasteiger partial charge in [-0.25, -0.2) is 13.4 Å². The van der Waals surface area contributed by atoms with Crippen LogP contribution >= 0.6 is 34.8 Å². The van der Waals surface area contributed by atoms with E-state index < -0.39 is 22.0 Å². The highest BCUT2D eigenvalue weighted by Crippen LogP contribution is 2.38. The summed E-state index contributed by atoms with van der Waals surface area (Å²) in [4.78, 5) is 30.3. The summed E-state index contributed by atoms with van der Waals surface area (Å²) < 4.78 is 34.4. The van der Waals surface area contributed by atoms with Gasteiger partial charge in [-0.1, -0.05) is 46.9 Å². The number of halogens is 3. The van der Waals surface area contributed by atoms with Crippen LogP contribution in [0.25, 0.3) is 0 Å². The Balaban J connectivity index is 1.73. The zero-order valence-corrected chi connectivity index (χ0v) is 22.7. The summed E-state index contributed by atoms with van der Waals surface area (Å²) in [7, 11) is -2.54. The van der Waals surface area contributed by atoms with Crippen molar-refractivity contribution in [1.29, 1.82) is 0 Å². The minimum Gasteiger partial charge on any atom is -0.469 e. The number of carbonyl (C=O) groups is 2. The highest BCUT2D eigenvalue weighted by molar-refractivity contribution is 7.92. The molecule has 1 aromatic heterocycles. The quantitative estimate of drug-likeness (QED) is 0.450. The molecule has 0 aliphatic carbocycles. The van der Waals surface area contributed by atoms with Crippen LogP contribution in [0, 0.1) is 0 Å². The number of ether oxygens (including phenoxy) is 1. The summed E-state index contributed by atoms with van der Waals surface area (Å²) in [5, 5.41) is 3.21. The number of nitrogens with one attached hydrogen (secondary N) is 1. The number of anilines is 2. The van der Waals surface area contributed by atoms with Crippen molar-refractivity contribution in [2.24, 2.45) is 0 Å². The predicted molar refractivity (Wildman–Crippen MR) is 142 cm³/mol. The third-order valence-corrected chi connectivity index (χ3v) is 8.24. The highest BCUT2D eigenvalue weighted by Gasteiger charge is 2.36. The average molecular weight is 584 g/mol. The molecule has 0 bridgehead atoms. The van der Waals surface area contributed by atoms with Crippen LogP contribution in [0.2, 0.25) is 15.1 Å². The molecule has 0 saturated carbocycles. The summed E-state index contributed by atoms with van der Waals surface area (Å²) in [5.74, 6) is -0.783. The van der Waals surface area contributed by atoms with Crippen molar-refractivity contribution in [2.75, 3.05) is 29.8 Å². The van der Waals surface area contributed by atoms with E-state index in [1.165, 1.54) is 54.4 Å². The monoisotopic (exact) mass is 582 g/mol. The Morgan fingerprint density at radius 2 is 1.81 bits per heavy atom. The molecule has 1 atom stereocenters. The van der Waals surface area contributed by atoms with Crippen molar-refractivity contribution in [3.63, 3.8) is 0 Å². The maximum atomic E-state index is 13.7. The Bertz CT molecular complexity index is 1460. The number of sulfonamides is 1. The Kier molecular flexibility index (Phi) is 7.84. The van der Waals surface area contributed by atoms with Gasteiger partial charge >= 0.3 is 0 Å². The van der Waals surface area contributed by atoms with Gasteiger partial charge < -0.3 is 15.0 Å². The third-order valence-electron chi connectivity index (χ3n) is 5.60. The number of fused-ring (bicyclic) bond motifs is 1. The van der Waals surface area contributed by atoms with Crippen LogP contribution in [0.1, 0.15) is 17.3 Å². The zero-order valence-electron chi connectivity index (χ0n) is 19.6. The molecule has 13 heteroatoms. The van der Waals surface area contributed by atoms with Crippen molar-refractivity contribution in [2.45, 2.75) is 17.9 Å². The zero-order chi connectivity index (χ0) is 26.9. The normalized spacial score (nSPS) is 14.9. The van der Waals surface area contributed by atoms with E-state index in [4.69, 9.17) is 39.5 Å². The van der Waals surface area contributed by atoms with E-state index in [1.54, 1.807) is 19.2 Å². The van der Waals surface area contributed by atoms with Gasteiger partial charge in [0.05, 0.1) is 45.5 Å². The molecule has 1 aliphatic rings. The highest BCUT2D eigenvalue weighted by atomic mass is 35.5. The van der Waals surface area contributed by atoms with Gasteiger partial charge in [0, 0.05) is 19.0 Å². The molecule has 1 unspecified atom stereocenters. The van der Waals surface area contributed by atoms with Gasteiger partial charge in [0.15, 0.2) is 0 Å². The van der Waals surface area contributed by atoms with Crippen LogP contribution < -0.4 is 14.4 Å². The molecule has 0 saturated heterocycles. The molecule has 1 aliphatic heterocycles. The second-order valence-corrected chi connectivity index (χ2v) is 11.3.